The number of hydrogen-bond acceptors (Lipinski definition) is 11. The van der Waals surface area contributed by atoms with Crippen LogP contribution >= 0.6 is 0 Å². The Morgan fingerprint density at radius 3 is 2.53 bits per heavy atom. The summed E-state index contributed by atoms with van der Waals surface area (Å²) in [5.74, 6) is -3.22. The van der Waals surface area contributed by atoms with Crippen LogP contribution in [0.2, 0.25) is 0 Å². The lowest BCUT2D eigenvalue weighted by Crippen LogP contribution is -2.58. The molecule has 15 nitrogen and oxygen atoms in total. The predicted molar refractivity (Wildman–Crippen MR) is 174 cm³/mol. The maximum absolute atomic E-state index is 14.2. The van der Waals surface area contributed by atoms with E-state index in [-0.39, 0.29) is 50.3 Å². The summed E-state index contributed by atoms with van der Waals surface area (Å²) in [6, 6.07) is 4.08. The van der Waals surface area contributed by atoms with Crippen LogP contribution in [0.1, 0.15) is 69.7 Å². The fourth-order valence-corrected chi connectivity index (χ4v) is 7.40. The summed E-state index contributed by atoms with van der Waals surface area (Å²) in [6.07, 6.45) is 3.00. The van der Waals surface area contributed by atoms with Gasteiger partial charge in [-0.05, 0) is 65.0 Å². The first kappa shape index (κ1) is 36.1. The van der Waals surface area contributed by atoms with Crippen molar-refractivity contribution in [3.05, 3.63) is 42.0 Å². The van der Waals surface area contributed by atoms with Gasteiger partial charge in [-0.1, -0.05) is 24.3 Å². The second kappa shape index (κ2) is 14.4. The predicted octanol–water partition coefficient (Wildman–Crippen LogP) is 1.56. The molecule has 0 bridgehead atoms. The number of carbonyl (C=O) groups is 5. The van der Waals surface area contributed by atoms with Gasteiger partial charge in [-0.3, -0.25) is 19.1 Å². The zero-order valence-corrected chi connectivity index (χ0v) is 28.9. The zero-order chi connectivity index (χ0) is 35.6. The monoisotopic (exact) mass is 704 g/mol. The minimum atomic E-state index is -3.93. The number of carbonyl (C=O) groups excluding carboxylic acids is 5. The second-order valence-corrected chi connectivity index (χ2v) is 15.7. The Kier molecular flexibility index (Phi) is 10.6. The molecule has 0 spiro atoms. The topological polar surface area (TPSA) is 196 Å². The number of methoxy groups -OCH3 is 1. The maximum atomic E-state index is 14.2. The third-order valence-electron chi connectivity index (χ3n) is 8.77. The lowest BCUT2D eigenvalue weighted by Gasteiger charge is -2.30. The molecule has 5 rings (SSSR count). The number of esters is 1. The van der Waals surface area contributed by atoms with E-state index in [2.05, 4.69) is 15.4 Å². The van der Waals surface area contributed by atoms with Crippen molar-refractivity contribution in [3.8, 4) is 5.75 Å². The Hall–Kier alpha value is -4.18. The summed E-state index contributed by atoms with van der Waals surface area (Å²) in [7, 11) is -2.52. The van der Waals surface area contributed by atoms with E-state index in [0.717, 1.165) is 0 Å². The number of nitrogens with zero attached hydrogens (tertiary/aromatic N) is 1. The van der Waals surface area contributed by atoms with Crippen molar-refractivity contribution >= 4 is 39.8 Å². The molecule has 1 aromatic carbocycles. The van der Waals surface area contributed by atoms with E-state index in [1.807, 2.05) is 0 Å². The average molecular weight is 705 g/mol. The number of benzene rings is 1. The van der Waals surface area contributed by atoms with E-state index in [9.17, 15) is 32.4 Å². The Bertz CT molecular complexity index is 1600. The van der Waals surface area contributed by atoms with Crippen LogP contribution in [0.3, 0.4) is 0 Å². The standard InChI is InChI=1S/C33H44N4O11S/c1-32(2,3)48-31(42)34-24-11-8-16-46-15-7-9-20-18-33(20,30(41)36-49(43,44)22-13-14-22)35-27(38)25-17-21(19-37(25)28(24)39)47-29(40)23-10-5-6-12-26(23)45-4/h5-7,9-10,12,20-22,24-25H,8,11,13-19H2,1-4H3,(H,34,42)(H,35,38)(H,36,41)/t20-,21-,24+,25+,33-/m1/s1. The van der Waals surface area contributed by atoms with E-state index in [1.165, 1.54) is 18.1 Å². The quantitative estimate of drug-likeness (QED) is 0.275. The van der Waals surface area contributed by atoms with Crippen LogP contribution in [0, 0.1) is 5.92 Å². The van der Waals surface area contributed by atoms with Gasteiger partial charge in [0.2, 0.25) is 21.8 Å². The van der Waals surface area contributed by atoms with Crippen LogP contribution in [0.25, 0.3) is 0 Å². The van der Waals surface area contributed by atoms with Crippen LogP contribution in [0.5, 0.6) is 5.75 Å². The Morgan fingerprint density at radius 2 is 1.84 bits per heavy atom. The van der Waals surface area contributed by atoms with E-state index in [0.29, 0.717) is 19.3 Å². The number of ether oxygens (including phenoxy) is 4. The van der Waals surface area contributed by atoms with Crippen molar-refractivity contribution < 1.29 is 51.3 Å². The first-order valence-corrected chi connectivity index (χ1v) is 17.9. The second-order valence-electron chi connectivity index (χ2n) is 13.8. The van der Waals surface area contributed by atoms with E-state index in [1.54, 1.807) is 51.1 Å². The van der Waals surface area contributed by atoms with Gasteiger partial charge in [0.15, 0.2) is 0 Å². The minimum Gasteiger partial charge on any atom is -0.496 e. The summed E-state index contributed by atoms with van der Waals surface area (Å²) < 4.78 is 49.7. The van der Waals surface area contributed by atoms with Gasteiger partial charge in [-0.15, -0.1) is 0 Å². The number of para-hydroxylation sites is 1. The summed E-state index contributed by atoms with van der Waals surface area (Å²) in [6.45, 7) is 5.26. The Morgan fingerprint density at radius 1 is 1.10 bits per heavy atom. The van der Waals surface area contributed by atoms with Gasteiger partial charge in [-0.25, -0.2) is 18.0 Å². The lowest BCUT2D eigenvalue weighted by molar-refractivity contribution is -0.141. The van der Waals surface area contributed by atoms with Crippen LogP contribution in [0.15, 0.2) is 36.4 Å². The maximum Gasteiger partial charge on any atom is 0.408 e. The molecule has 1 aromatic rings. The average Bonchev–Trinajstić information content (AvgIpc) is 3.95. The Labute approximate surface area is 285 Å². The van der Waals surface area contributed by atoms with Crippen molar-refractivity contribution in [1.29, 1.82) is 0 Å². The zero-order valence-electron chi connectivity index (χ0n) is 28.1. The lowest BCUT2D eigenvalue weighted by atomic mass is 10.1. The van der Waals surface area contributed by atoms with Crippen LogP contribution in [-0.4, -0.2) is 105 Å². The number of rotatable bonds is 7. The number of nitrogens with one attached hydrogen (secondary N) is 3. The highest BCUT2D eigenvalue weighted by Crippen LogP contribution is 2.46. The first-order chi connectivity index (χ1) is 23.1. The van der Waals surface area contributed by atoms with Gasteiger partial charge < -0.3 is 34.5 Å². The van der Waals surface area contributed by atoms with E-state index >= 15 is 0 Å². The van der Waals surface area contributed by atoms with Crippen LogP contribution in [-0.2, 0) is 38.6 Å². The first-order valence-electron chi connectivity index (χ1n) is 16.4. The molecule has 2 heterocycles. The highest BCUT2D eigenvalue weighted by Gasteiger charge is 2.62. The fourth-order valence-electron chi connectivity index (χ4n) is 6.04. The summed E-state index contributed by atoms with van der Waals surface area (Å²) in [4.78, 5) is 69.1. The molecule has 49 heavy (non-hydrogen) atoms. The molecule has 5 atom stereocenters. The third kappa shape index (κ3) is 8.71. The largest absolute Gasteiger partial charge is 0.496 e. The van der Waals surface area contributed by atoms with Gasteiger partial charge in [-0.2, -0.15) is 0 Å². The molecular weight excluding hydrogens is 660 g/mol. The molecule has 0 unspecified atom stereocenters. The number of sulfonamides is 1. The van der Waals surface area contributed by atoms with Gasteiger partial charge >= 0.3 is 12.1 Å². The minimum absolute atomic E-state index is 0.122. The van der Waals surface area contributed by atoms with E-state index < -0.39 is 80.3 Å². The summed E-state index contributed by atoms with van der Waals surface area (Å²) in [5, 5.41) is 4.70. The van der Waals surface area contributed by atoms with Crippen molar-refractivity contribution in [2.24, 2.45) is 5.92 Å². The molecule has 2 aliphatic carbocycles. The van der Waals surface area contributed by atoms with E-state index in [4.69, 9.17) is 18.9 Å². The molecule has 3 fully saturated rings. The molecule has 2 aliphatic heterocycles. The van der Waals surface area contributed by atoms with Crippen molar-refractivity contribution in [1.82, 2.24) is 20.3 Å². The smallest absolute Gasteiger partial charge is 0.408 e. The SMILES string of the molecule is COc1ccccc1C(=O)O[C@@H]1C[C@H]2C(=O)N[C@]3(C(=O)NS(=O)(=O)C4CC4)C[C@H]3C=CCOCCC[C@H](NC(=O)OC(C)(C)C)C(=O)N2C1. The normalized spacial score (nSPS) is 27.7. The number of fused-ring (bicyclic) bond motifs is 2. The molecule has 268 valence electrons. The van der Waals surface area contributed by atoms with Crippen molar-refractivity contribution in [2.45, 2.75) is 93.9 Å². The summed E-state index contributed by atoms with van der Waals surface area (Å²) >= 11 is 0. The van der Waals surface area contributed by atoms with Crippen LogP contribution in [0.4, 0.5) is 4.79 Å². The molecule has 4 aliphatic rings. The van der Waals surface area contributed by atoms with Crippen molar-refractivity contribution in [3.63, 3.8) is 0 Å². The number of amides is 4. The fraction of sp³-hybridized carbons (Fsp3) is 0.606. The van der Waals surface area contributed by atoms with Gasteiger partial charge in [0.1, 0.15) is 40.6 Å². The molecule has 0 aromatic heterocycles. The van der Waals surface area contributed by atoms with Crippen LogP contribution < -0.4 is 20.1 Å². The Balaban J connectivity index is 1.43. The third-order valence-corrected chi connectivity index (χ3v) is 10.6. The van der Waals surface area contributed by atoms with Crippen molar-refractivity contribution in [2.75, 3.05) is 26.9 Å². The highest BCUT2D eigenvalue weighted by molar-refractivity contribution is 7.91. The number of hydrogen-bond donors (Lipinski definition) is 3. The molecule has 2 saturated carbocycles. The summed E-state index contributed by atoms with van der Waals surface area (Å²) in [5.41, 5.74) is -2.29. The van der Waals surface area contributed by atoms with Gasteiger partial charge in [0.25, 0.3) is 5.91 Å². The van der Waals surface area contributed by atoms with Gasteiger partial charge in [0, 0.05) is 18.9 Å². The molecule has 4 amide bonds. The number of alkyl carbamates (subject to hydrolysis) is 1. The highest BCUT2D eigenvalue weighted by atomic mass is 32.2. The molecule has 1 saturated heterocycles. The molecule has 0 radical (unpaired) electrons. The van der Waals surface area contributed by atoms with Gasteiger partial charge in [0.05, 0.1) is 25.5 Å². The molecule has 3 N–H and O–H groups in total. The molecule has 16 heteroatoms. The molecular formula is C33H44N4O11S.